The summed E-state index contributed by atoms with van der Waals surface area (Å²) in [6.45, 7) is 1.88. The van der Waals surface area contributed by atoms with Crippen molar-refractivity contribution < 1.29 is 4.42 Å². The summed E-state index contributed by atoms with van der Waals surface area (Å²) >= 11 is 0. The summed E-state index contributed by atoms with van der Waals surface area (Å²) in [5.74, 6) is 5.97. The van der Waals surface area contributed by atoms with Crippen molar-refractivity contribution in [3.05, 3.63) is 11.8 Å². The molecule has 1 aromatic heterocycles. The molecule has 1 N–H and O–H groups in total. The third-order valence-electron chi connectivity index (χ3n) is 5.80. The number of aromatic nitrogens is 2. The smallest absolute Gasteiger partial charge is 0.233 e. The molecule has 1 unspecified atom stereocenters. The number of rotatable bonds is 3. The minimum Gasteiger partial charge on any atom is -0.424 e. The van der Waals surface area contributed by atoms with E-state index in [1.807, 2.05) is 14.0 Å². The Balaban J connectivity index is 1.63. The van der Waals surface area contributed by atoms with Crippen molar-refractivity contribution in [1.82, 2.24) is 15.5 Å². The van der Waals surface area contributed by atoms with Gasteiger partial charge in [0.25, 0.3) is 0 Å². The number of hydrogen-bond donors (Lipinski definition) is 1. The standard InChI is InChI=1S/C15H23N3O/c1-8-17-18-15(19-8)14(16-2)13-11-4-9-3-10(6-11)7-12(13)5-9/h9-14,16H,3-7H2,1-2H3. The van der Waals surface area contributed by atoms with Crippen molar-refractivity contribution in [3.8, 4) is 0 Å². The summed E-state index contributed by atoms with van der Waals surface area (Å²) in [6, 6.07) is 0.260. The highest BCUT2D eigenvalue weighted by molar-refractivity contribution is 5.05. The van der Waals surface area contributed by atoms with Gasteiger partial charge in [0.2, 0.25) is 11.8 Å². The maximum Gasteiger partial charge on any atom is 0.233 e. The van der Waals surface area contributed by atoms with Crippen LogP contribution < -0.4 is 5.32 Å². The van der Waals surface area contributed by atoms with Gasteiger partial charge in [-0.15, -0.1) is 10.2 Å². The molecule has 4 saturated carbocycles. The summed E-state index contributed by atoms with van der Waals surface area (Å²) in [5.41, 5.74) is 0. The Bertz CT molecular complexity index is 442. The molecule has 1 heterocycles. The van der Waals surface area contributed by atoms with E-state index in [9.17, 15) is 0 Å². The molecular formula is C15H23N3O. The van der Waals surface area contributed by atoms with Crippen molar-refractivity contribution in [2.24, 2.45) is 29.6 Å². The fourth-order valence-electron chi connectivity index (χ4n) is 5.43. The number of aryl methyl sites for hydroxylation is 1. The predicted molar refractivity (Wildman–Crippen MR) is 71.4 cm³/mol. The maximum atomic E-state index is 5.71. The Morgan fingerprint density at radius 2 is 1.68 bits per heavy atom. The van der Waals surface area contributed by atoms with Gasteiger partial charge in [-0.25, -0.2) is 0 Å². The van der Waals surface area contributed by atoms with Crippen LogP contribution in [0.1, 0.15) is 49.9 Å². The van der Waals surface area contributed by atoms with Crippen LogP contribution in [0.25, 0.3) is 0 Å². The van der Waals surface area contributed by atoms with Gasteiger partial charge in [-0.3, -0.25) is 0 Å². The Morgan fingerprint density at radius 1 is 1.05 bits per heavy atom. The fraction of sp³-hybridized carbons (Fsp3) is 0.867. The van der Waals surface area contributed by atoms with Crippen molar-refractivity contribution in [2.45, 2.75) is 45.1 Å². The summed E-state index contributed by atoms with van der Waals surface area (Å²) in [5, 5.41) is 11.7. The van der Waals surface area contributed by atoms with E-state index in [-0.39, 0.29) is 6.04 Å². The molecule has 0 aliphatic heterocycles. The van der Waals surface area contributed by atoms with Gasteiger partial charge in [-0.1, -0.05) is 0 Å². The van der Waals surface area contributed by atoms with Crippen LogP contribution in [0.3, 0.4) is 0 Å². The van der Waals surface area contributed by atoms with Crippen LogP contribution in [-0.4, -0.2) is 17.2 Å². The molecule has 4 nitrogen and oxygen atoms in total. The van der Waals surface area contributed by atoms with Crippen LogP contribution in [0.5, 0.6) is 0 Å². The molecule has 0 aromatic carbocycles. The first-order chi connectivity index (χ1) is 9.24. The molecule has 4 aliphatic carbocycles. The lowest BCUT2D eigenvalue weighted by Crippen LogP contribution is -2.49. The van der Waals surface area contributed by atoms with Gasteiger partial charge in [-0.2, -0.15) is 0 Å². The van der Waals surface area contributed by atoms with Gasteiger partial charge >= 0.3 is 0 Å². The second-order valence-electron chi connectivity index (χ2n) is 6.93. The normalized spacial score (nSPS) is 41.7. The molecule has 4 fully saturated rings. The molecule has 0 amide bonds. The van der Waals surface area contributed by atoms with Crippen molar-refractivity contribution in [2.75, 3.05) is 7.05 Å². The Labute approximate surface area is 114 Å². The Kier molecular flexibility index (Phi) is 2.69. The van der Waals surface area contributed by atoms with Crippen LogP contribution in [0.15, 0.2) is 4.42 Å². The average molecular weight is 261 g/mol. The van der Waals surface area contributed by atoms with E-state index < -0.39 is 0 Å². The molecule has 0 spiro atoms. The topological polar surface area (TPSA) is 51.0 Å². The molecular weight excluding hydrogens is 238 g/mol. The molecule has 4 aliphatic rings. The molecule has 5 rings (SSSR count). The van der Waals surface area contributed by atoms with Crippen molar-refractivity contribution in [1.29, 1.82) is 0 Å². The first-order valence-electron chi connectivity index (χ1n) is 7.72. The zero-order valence-corrected chi connectivity index (χ0v) is 11.8. The first-order valence-corrected chi connectivity index (χ1v) is 7.72. The minimum atomic E-state index is 0.260. The van der Waals surface area contributed by atoms with Gasteiger partial charge in [0.15, 0.2) is 0 Å². The Hall–Kier alpha value is -0.900. The fourth-order valence-corrected chi connectivity index (χ4v) is 5.43. The second-order valence-corrected chi connectivity index (χ2v) is 6.93. The van der Waals surface area contributed by atoms with E-state index in [0.29, 0.717) is 11.8 Å². The van der Waals surface area contributed by atoms with Crippen LogP contribution in [0, 0.1) is 36.5 Å². The van der Waals surface area contributed by atoms with Crippen molar-refractivity contribution in [3.63, 3.8) is 0 Å². The van der Waals surface area contributed by atoms with E-state index in [1.165, 1.54) is 32.1 Å². The molecule has 0 radical (unpaired) electrons. The van der Waals surface area contributed by atoms with E-state index in [1.54, 1.807) is 0 Å². The minimum absolute atomic E-state index is 0.260. The molecule has 104 valence electrons. The molecule has 4 bridgehead atoms. The first kappa shape index (κ1) is 11.9. The van der Waals surface area contributed by atoms with Gasteiger partial charge < -0.3 is 9.73 Å². The second kappa shape index (κ2) is 4.30. The van der Waals surface area contributed by atoms with Gasteiger partial charge in [-0.05, 0) is 68.7 Å². The monoisotopic (exact) mass is 261 g/mol. The lowest BCUT2D eigenvalue weighted by Gasteiger charge is -2.55. The molecule has 19 heavy (non-hydrogen) atoms. The van der Waals surface area contributed by atoms with E-state index in [0.717, 1.165) is 29.6 Å². The van der Waals surface area contributed by atoms with Gasteiger partial charge in [0.05, 0.1) is 6.04 Å². The highest BCUT2D eigenvalue weighted by Crippen LogP contribution is 2.59. The summed E-state index contributed by atoms with van der Waals surface area (Å²) in [7, 11) is 2.04. The zero-order valence-electron chi connectivity index (χ0n) is 11.8. The third kappa shape index (κ3) is 1.83. The van der Waals surface area contributed by atoms with E-state index in [2.05, 4.69) is 15.5 Å². The van der Waals surface area contributed by atoms with Crippen LogP contribution >= 0.6 is 0 Å². The number of nitrogens with zero attached hydrogens (tertiary/aromatic N) is 2. The Morgan fingerprint density at radius 3 is 2.16 bits per heavy atom. The highest BCUT2D eigenvalue weighted by atomic mass is 16.4. The summed E-state index contributed by atoms with van der Waals surface area (Å²) < 4.78 is 5.71. The number of nitrogens with one attached hydrogen (secondary N) is 1. The quantitative estimate of drug-likeness (QED) is 0.909. The van der Waals surface area contributed by atoms with E-state index in [4.69, 9.17) is 4.42 Å². The predicted octanol–water partition coefficient (Wildman–Crippen LogP) is 2.71. The SMILES string of the molecule is CNC(c1nnc(C)o1)C1C2CC3CC(C2)CC1C3. The largest absolute Gasteiger partial charge is 0.424 e. The number of hydrogen-bond acceptors (Lipinski definition) is 4. The summed E-state index contributed by atoms with van der Waals surface area (Å²) in [6.07, 6.45) is 7.24. The van der Waals surface area contributed by atoms with Crippen LogP contribution in [0.4, 0.5) is 0 Å². The zero-order chi connectivity index (χ0) is 13.0. The third-order valence-corrected chi connectivity index (χ3v) is 5.80. The molecule has 1 atom stereocenters. The lowest BCUT2D eigenvalue weighted by molar-refractivity contribution is -0.0551. The van der Waals surface area contributed by atoms with Crippen LogP contribution in [-0.2, 0) is 0 Å². The van der Waals surface area contributed by atoms with Crippen LogP contribution in [0.2, 0.25) is 0 Å². The highest BCUT2D eigenvalue weighted by Gasteiger charge is 2.51. The molecule has 0 saturated heterocycles. The van der Waals surface area contributed by atoms with E-state index >= 15 is 0 Å². The van der Waals surface area contributed by atoms with Gasteiger partial charge in [0, 0.05) is 6.92 Å². The van der Waals surface area contributed by atoms with Crippen molar-refractivity contribution >= 4 is 0 Å². The molecule has 4 heteroatoms. The summed E-state index contributed by atoms with van der Waals surface area (Å²) in [4.78, 5) is 0. The van der Waals surface area contributed by atoms with Gasteiger partial charge in [0.1, 0.15) is 0 Å². The molecule has 1 aromatic rings. The average Bonchev–Trinajstić information content (AvgIpc) is 2.79. The lowest BCUT2D eigenvalue weighted by atomic mass is 9.50. The maximum absolute atomic E-state index is 5.71.